The first-order valence-corrected chi connectivity index (χ1v) is 10.3. The molecule has 1 N–H and O–H groups in total. The predicted molar refractivity (Wildman–Crippen MR) is 107 cm³/mol. The van der Waals surface area contributed by atoms with Gasteiger partial charge in [0, 0.05) is 12.8 Å². The maximum Gasteiger partial charge on any atom is 0.163 e. The van der Waals surface area contributed by atoms with Crippen molar-refractivity contribution in [3.63, 3.8) is 0 Å². The molecule has 0 saturated carbocycles. The summed E-state index contributed by atoms with van der Waals surface area (Å²) in [6, 6.07) is 0. The summed E-state index contributed by atoms with van der Waals surface area (Å²) in [6.45, 7) is 17.9. The quantitative estimate of drug-likeness (QED) is 0.598. The molecule has 0 aromatic heterocycles. The molecule has 2 fully saturated rings. The smallest absolute Gasteiger partial charge is 0.163 e. The van der Waals surface area contributed by atoms with Gasteiger partial charge in [-0.1, -0.05) is 26.0 Å². The molecule has 6 atom stereocenters. The fourth-order valence-corrected chi connectivity index (χ4v) is 3.93. The number of ether oxygens (including phenoxy) is 4. The fourth-order valence-electron chi connectivity index (χ4n) is 3.93. The topological polar surface area (TPSA) is 74.2 Å². The first-order chi connectivity index (χ1) is 12.8. The molecule has 0 radical (unpaired) electrons. The first kappa shape index (κ1) is 23.5. The fraction of sp³-hybridized carbons (Fsp3) is 0.864. The molecular formula is C22H38O6. The Balaban J connectivity index is 1.98. The molecular weight excluding hydrogens is 360 g/mol. The van der Waals surface area contributed by atoms with Crippen LogP contribution in [0.2, 0.25) is 0 Å². The Bertz CT molecular complexity index is 569. The van der Waals surface area contributed by atoms with Crippen molar-refractivity contribution < 1.29 is 28.8 Å². The highest BCUT2D eigenvalue weighted by Gasteiger charge is 2.48. The molecule has 28 heavy (non-hydrogen) atoms. The van der Waals surface area contributed by atoms with Crippen LogP contribution in [0.3, 0.4) is 0 Å². The van der Waals surface area contributed by atoms with E-state index in [0.29, 0.717) is 13.0 Å². The van der Waals surface area contributed by atoms with Gasteiger partial charge in [0.2, 0.25) is 0 Å². The highest BCUT2D eigenvalue weighted by Crippen LogP contribution is 2.37. The third kappa shape index (κ3) is 6.36. The summed E-state index contributed by atoms with van der Waals surface area (Å²) in [5.74, 6) is -1.17. The zero-order chi connectivity index (χ0) is 21.3. The van der Waals surface area contributed by atoms with Crippen LogP contribution in [0.15, 0.2) is 12.2 Å². The largest absolute Gasteiger partial charge is 0.390 e. The van der Waals surface area contributed by atoms with E-state index in [2.05, 4.69) is 13.5 Å². The van der Waals surface area contributed by atoms with Crippen LogP contribution in [-0.4, -0.2) is 53.5 Å². The summed E-state index contributed by atoms with van der Waals surface area (Å²) in [6.07, 6.45) is -0.623. The van der Waals surface area contributed by atoms with Crippen molar-refractivity contribution in [1.29, 1.82) is 0 Å². The molecule has 0 aromatic carbocycles. The van der Waals surface area contributed by atoms with Gasteiger partial charge in [-0.3, -0.25) is 4.79 Å². The Hall–Kier alpha value is -0.790. The molecule has 2 heterocycles. The lowest BCUT2D eigenvalue weighted by atomic mass is 9.89. The van der Waals surface area contributed by atoms with Crippen LogP contribution in [0.4, 0.5) is 0 Å². The lowest BCUT2D eigenvalue weighted by Gasteiger charge is -2.28. The van der Waals surface area contributed by atoms with Crippen molar-refractivity contribution in [2.45, 2.75) is 104 Å². The molecule has 2 aliphatic heterocycles. The highest BCUT2D eigenvalue weighted by molar-refractivity contribution is 5.79. The first-order valence-electron chi connectivity index (χ1n) is 10.3. The molecule has 0 bridgehead atoms. The van der Waals surface area contributed by atoms with Gasteiger partial charge in [-0.25, -0.2) is 0 Å². The zero-order valence-corrected chi connectivity index (χ0v) is 18.5. The van der Waals surface area contributed by atoms with Crippen LogP contribution in [0.25, 0.3) is 0 Å². The van der Waals surface area contributed by atoms with E-state index in [-0.39, 0.29) is 36.2 Å². The van der Waals surface area contributed by atoms with Gasteiger partial charge >= 0.3 is 0 Å². The lowest BCUT2D eigenvalue weighted by Crippen LogP contribution is -2.41. The Morgan fingerprint density at radius 1 is 1.07 bits per heavy atom. The van der Waals surface area contributed by atoms with Gasteiger partial charge in [0.15, 0.2) is 11.6 Å². The standard InChI is InChI=1S/C22H38O6/c1-13(2)14(3)9-16(23)11-18(24)20-19(27-22(7,8)28-20)15(4)10-17-12-25-21(5,6)26-17/h14-15,17-20,24H,1,9-12H2,2-8H3/t14-,15-,17-,18+,19+,20+/m1/s1. The van der Waals surface area contributed by atoms with Gasteiger partial charge in [0.25, 0.3) is 0 Å². The van der Waals surface area contributed by atoms with Crippen molar-refractivity contribution >= 4 is 5.78 Å². The summed E-state index contributed by atoms with van der Waals surface area (Å²) >= 11 is 0. The monoisotopic (exact) mass is 398 g/mol. The van der Waals surface area contributed by atoms with Gasteiger partial charge in [0.05, 0.1) is 24.9 Å². The highest BCUT2D eigenvalue weighted by atomic mass is 16.8. The van der Waals surface area contributed by atoms with E-state index >= 15 is 0 Å². The predicted octanol–water partition coefficient (Wildman–Crippen LogP) is 3.61. The summed E-state index contributed by atoms with van der Waals surface area (Å²) in [5, 5.41) is 10.8. The average molecular weight is 399 g/mol. The number of aliphatic hydroxyl groups excluding tert-OH is 1. The Labute approximate surface area is 169 Å². The van der Waals surface area contributed by atoms with E-state index in [9.17, 15) is 9.90 Å². The number of hydrogen-bond acceptors (Lipinski definition) is 6. The number of allylic oxidation sites excluding steroid dienone is 1. The second kappa shape index (κ2) is 8.92. The molecule has 2 saturated heterocycles. The van der Waals surface area contributed by atoms with E-state index in [1.807, 2.05) is 41.5 Å². The molecule has 2 aliphatic rings. The summed E-state index contributed by atoms with van der Waals surface area (Å²) < 4.78 is 23.7. The van der Waals surface area contributed by atoms with Crippen molar-refractivity contribution in [3.05, 3.63) is 12.2 Å². The lowest BCUT2D eigenvalue weighted by molar-refractivity contribution is -0.160. The van der Waals surface area contributed by atoms with E-state index in [0.717, 1.165) is 12.0 Å². The third-order valence-corrected chi connectivity index (χ3v) is 5.62. The van der Waals surface area contributed by atoms with Crippen LogP contribution in [0.1, 0.15) is 67.7 Å². The number of rotatable bonds is 9. The van der Waals surface area contributed by atoms with E-state index in [1.165, 1.54) is 0 Å². The van der Waals surface area contributed by atoms with Crippen LogP contribution in [0.5, 0.6) is 0 Å². The molecule has 0 amide bonds. The van der Waals surface area contributed by atoms with Gasteiger partial charge in [0.1, 0.15) is 11.9 Å². The van der Waals surface area contributed by atoms with Gasteiger partial charge < -0.3 is 24.1 Å². The van der Waals surface area contributed by atoms with Crippen molar-refractivity contribution in [3.8, 4) is 0 Å². The normalized spacial score (nSPS) is 32.1. The van der Waals surface area contributed by atoms with E-state index < -0.39 is 23.8 Å². The molecule has 162 valence electrons. The molecule has 6 nitrogen and oxygen atoms in total. The van der Waals surface area contributed by atoms with E-state index in [1.54, 1.807) is 0 Å². The number of hydrogen-bond donors (Lipinski definition) is 1. The number of aliphatic hydroxyl groups is 1. The summed E-state index contributed by atoms with van der Waals surface area (Å²) in [4.78, 5) is 12.4. The molecule has 6 heteroatoms. The number of Topliss-reactive ketones (excluding diaryl/α,β-unsaturated/α-hetero) is 1. The van der Waals surface area contributed by atoms with Crippen LogP contribution in [0, 0.1) is 11.8 Å². The third-order valence-electron chi connectivity index (χ3n) is 5.62. The maximum atomic E-state index is 12.4. The van der Waals surface area contributed by atoms with Gasteiger partial charge in [-0.05, 0) is 52.9 Å². The maximum absolute atomic E-state index is 12.4. The molecule has 2 rings (SSSR count). The van der Waals surface area contributed by atoms with Crippen LogP contribution >= 0.6 is 0 Å². The number of carbonyl (C=O) groups is 1. The minimum absolute atomic E-state index is 0.0111. The second-order valence-electron chi connectivity index (χ2n) is 9.49. The minimum Gasteiger partial charge on any atom is -0.390 e. The van der Waals surface area contributed by atoms with Crippen LogP contribution < -0.4 is 0 Å². The second-order valence-corrected chi connectivity index (χ2v) is 9.49. The zero-order valence-electron chi connectivity index (χ0n) is 18.5. The van der Waals surface area contributed by atoms with Crippen molar-refractivity contribution in [1.82, 2.24) is 0 Å². The minimum atomic E-state index is -0.906. The van der Waals surface area contributed by atoms with Crippen molar-refractivity contribution in [2.24, 2.45) is 11.8 Å². The van der Waals surface area contributed by atoms with Gasteiger partial charge in [-0.2, -0.15) is 0 Å². The van der Waals surface area contributed by atoms with Crippen LogP contribution in [-0.2, 0) is 23.7 Å². The molecule has 0 spiro atoms. The summed E-state index contributed by atoms with van der Waals surface area (Å²) in [5.41, 5.74) is 0.970. The van der Waals surface area contributed by atoms with Crippen molar-refractivity contribution in [2.75, 3.05) is 6.61 Å². The van der Waals surface area contributed by atoms with Gasteiger partial charge in [-0.15, -0.1) is 0 Å². The number of ketones is 1. The SMILES string of the molecule is C=C(C)[C@H](C)CC(=O)C[C@H](O)[C@@H]1OC(C)(C)O[C@H]1[C@H](C)C[C@@H]1COC(C)(C)O1. The Morgan fingerprint density at radius 2 is 1.68 bits per heavy atom. The number of carbonyl (C=O) groups excluding carboxylic acids is 1. The Kier molecular flexibility index (Phi) is 7.48. The Morgan fingerprint density at radius 3 is 2.21 bits per heavy atom. The van der Waals surface area contributed by atoms with E-state index in [4.69, 9.17) is 18.9 Å². The molecule has 0 aliphatic carbocycles. The molecule has 0 unspecified atom stereocenters. The summed E-state index contributed by atoms with van der Waals surface area (Å²) in [7, 11) is 0. The average Bonchev–Trinajstić information content (AvgIpc) is 3.05. The molecule has 0 aromatic rings.